The lowest BCUT2D eigenvalue weighted by molar-refractivity contribution is 0.831. The van der Waals surface area contributed by atoms with E-state index >= 15 is 0 Å². The topological polar surface area (TPSA) is 43.8 Å². The van der Waals surface area contributed by atoms with Crippen molar-refractivity contribution in [2.45, 2.75) is 25.8 Å². The molecule has 1 heterocycles. The summed E-state index contributed by atoms with van der Waals surface area (Å²) in [6.07, 6.45) is 6.04. The van der Waals surface area contributed by atoms with Crippen molar-refractivity contribution in [3.63, 3.8) is 0 Å². The van der Waals surface area contributed by atoms with Crippen LogP contribution < -0.4 is 5.73 Å². The average molecular weight is 229 g/mol. The van der Waals surface area contributed by atoms with Gasteiger partial charge in [-0.05, 0) is 17.5 Å². The van der Waals surface area contributed by atoms with Crippen LogP contribution in [0.4, 0.5) is 0 Å². The summed E-state index contributed by atoms with van der Waals surface area (Å²) < 4.78 is 1.92. The maximum absolute atomic E-state index is 6.18. The molecular formula is C14H19N3. The van der Waals surface area contributed by atoms with Crippen LogP contribution >= 0.6 is 0 Å². The molecule has 3 heteroatoms. The zero-order valence-electron chi connectivity index (χ0n) is 10.4. The highest BCUT2D eigenvalue weighted by molar-refractivity contribution is 5.29. The number of hydrogen-bond acceptors (Lipinski definition) is 2. The van der Waals surface area contributed by atoms with Crippen LogP contribution in [0, 0.1) is 0 Å². The van der Waals surface area contributed by atoms with Crippen LogP contribution in [0.1, 0.15) is 36.2 Å². The summed E-state index contributed by atoms with van der Waals surface area (Å²) in [6.45, 7) is 2.19. The molecule has 1 aromatic carbocycles. The Bertz CT molecular complexity index is 470. The van der Waals surface area contributed by atoms with Crippen LogP contribution in [0.5, 0.6) is 0 Å². The summed E-state index contributed by atoms with van der Waals surface area (Å²) in [7, 11) is 1.95. The van der Waals surface area contributed by atoms with Crippen molar-refractivity contribution in [3.8, 4) is 0 Å². The Morgan fingerprint density at radius 3 is 2.53 bits per heavy atom. The van der Waals surface area contributed by atoms with Gasteiger partial charge in [-0.25, -0.2) is 4.98 Å². The van der Waals surface area contributed by atoms with Crippen molar-refractivity contribution < 1.29 is 0 Å². The van der Waals surface area contributed by atoms with E-state index < -0.39 is 0 Å². The fourth-order valence-corrected chi connectivity index (χ4v) is 1.94. The Morgan fingerprint density at radius 1 is 1.29 bits per heavy atom. The maximum Gasteiger partial charge on any atom is 0.0947 e. The third-order valence-corrected chi connectivity index (χ3v) is 2.92. The minimum absolute atomic E-state index is 0.133. The number of aryl methyl sites for hydroxylation is 2. The Balaban J connectivity index is 2.16. The van der Waals surface area contributed by atoms with Crippen molar-refractivity contribution in [2.24, 2.45) is 12.8 Å². The molecule has 1 aromatic heterocycles. The lowest BCUT2D eigenvalue weighted by Crippen LogP contribution is -2.12. The van der Waals surface area contributed by atoms with Gasteiger partial charge in [0.25, 0.3) is 0 Å². The Morgan fingerprint density at radius 2 is 2.00 bits per heavy atom. The maximum atomic E-state index is 6.18. The molecule has 1 unspecified atom stereocenters. The zero-order valence-corrected chi connectivity index (χ0v) is 10.4. The van der Waals surface area contributed by atoms with E-state index in [4.69, 9.17) is 5.73 Å². The monoisotopic (exact) mass is 229 g/mol. The number of benzene rings is 1. The molecule has 0 aliphatic heterocycles. The third-order valence-electron chi connectivity index (χ3n) is 2.92. The highest BCUT2D eigenvalue weighted by Gasteiger charge is 2.10. The van der Waals surface area contributed by atoms with Crippen LogP contribution in [0.2, 0.25) is 0 Å². The van der Waals surface area contributed by atoms with Gasteiger partial charge >= 0.3 is 0 Å². The molecule has 0 bridgehead atoms. The molecule has 0 saturated carbocycles. The average Bonchev–Trinajstić information content (AvgIpc) is 2.76. The number of imidazole rings is 1. The quantitative estimate of drug-likeness (QED) is 0.875. The van der Waals surface area contributed by atoms with Gasteiger partial charge in [0.1, 0.15) is 0 Å². The van der Waals surface area contributed by atoms with E-state index in [1.165, 1.54) is 12.0 Å². The SMILES string of the molecule is CCCc1ccc(C(N)c2cn(C)cn2)cc1. The largest absolute Gasteiger partial charge is 0.340 e. The fraction of sp³-hybridized carbons (Fsp3) is 0.357. The second-order valence-electron chi connectivity index (χ2n) is 4.43. The molecule has 0 saturated heterocycles. The number of aromatic nitrogens is 2. The lowest BCUT2D eigenvalue weighted by Gasteiger charge is -2.10. The summed E-state index contributed by atoms with van der Waals surface area (Å²) in [6, 6.07) is 8.38. The van der Waals surface area contributed by atoms with E-state index in [0.29, 0.717) is 0 Å². The second-order valence-corrected chi connectivity index (χ2v) is 4.43. The van der Waals surface area contributed by atoms with Crippen LogP contribution in [-0.2, 0) is 13.5 Å². The second kappa shape index (κ2) is 5.15. The van der Waals surface area contributed by atoms with Crippen molar-refractivity contribution in [1.29, 1.82) is 0 Å². The molecule has 2 N–H and O–H groups in total. The van der Waals surface area contributed by atoms with Crippen molar-refractivity contribution in [1.82, 2.24) is 9.55 Å². The molecule has 0 fully saturated rings. The predicted molar refractivity (Wildman–Crippen MR) is 69.7 cm³/mol. The van der Waals surface area contributed by atoms with Gasteiger partial charge in [0.2, 0.25) is 0 Å². The van der Waals surface area contributed by atoms with Crippen molar-refractivity contribution in [2.75, 3.05) is 0 Å². The molecular weight excluding hydrogens is 210 g/mol. The standard InChI is InChI=1S/C14H19N3/c1-3-4-11-5-7-12(8-6-11)14(15)13-9-17(2)10-16-13/h5-10,14H,3-4,15H2,1-2H3. The van der Waals surface area contributed by atoms with Crippen molar-refractivity contribution in [3.05, 3.63) is 53.6 Å². The number of nitrogens with zero attached hydrogens (tertiary/aromatic N) is 2. The first-order chi connectivity index (χ1) is 8.20. The molecule has 0 aliphatic carbocycles. The summed E-state index contributed by atoms with van der Waals surface area (Å²) >= 11 is 0. The fourth-order valence-electron chi connectivity index (χ4n) is 1.94. The summed E-state index contributed by atoms with van der Waals surface area (Å²) in [5.41, 5.74) is 9.57. The van der Waals surface area contributed by atoms with Gasteiger partial charge < -0.3 is 10.3 Å². The molecule has 90 valence electrons. The minimum atomic E-state index is -0.133. The Kier molecular flexibility index (Phi) is 3.59. The first-order valence-corrected chi connectivity index (χ1v) is 6.03. The third kappa shape index (κ3) is 2.74. The normalized spacial score (nSPS) is 12.6. The molecule has 0 aliphatic rings. The van der Waals surface area contributed by atoms with Crippen molar-refractivity contribution >= 4 is 0 Å². The smallest absolute Gasteiger partial charge is 0.0947 e. The van der Waals surface area contributed by atoms with E-state index in [9.17, 15) is 0 Å². The number of nitrogens with two attached hydrogens (primary N) is 1. The number of hydrogen-bond donors (Lipinski definition) is 1. The van der Waals surface area contributed by atoms with Gasteiger partial charge in [-0.1, -0.05) is 37.6 Å². The van der Waals surface area contributed by atoms with E-state index in [1.54, 1.807) is 6.33 Å². The molecule has 0 spiro atoms. The first-order valence-electron chi connectivity index (χ1n) is 6.03. The van der Waals surface area contributed by atoms with Gasteiger partial charge in [0.15, 0.2) is 0 Å². The molecule has 17 heavy (non-hydrogen) atoms. The summed E-state index contributed by atoms with van der Waals surface area (Å²) in [5, 5.41) is 0. The van der Waals surface area contributed by atoms with Crippen LogP contribution in [0.15, 0.2) is 36.8 Å². The van der Waals surface area contributed by atoms with Crippen LogP contribution in [0.3, 0.4) is 0 Å². The van der Waals surface area contributed by atoms with Gasteiger partial charge in [0, 0.05) is 13.2 Å². The number of rotatable bonds is 4. The van der Waals surface area contributed by atoms with E-state index in [1.807, 2.05) is 17.8 Å². The highest BCUT2D eigenvalue weighted by atomic mass is 15.0. The van der Waals surface area contributed by atoms with Gasteiger partial charge in [-0.3, -0.25) is 0 Å². The van der Waals surface area contributed by atoms with E-state index in [2.05, 4.69) is 36.2 Å². The predicted octanol–water partition coefficient (Wildman–Crippen LogP) is 2.42. The first kappa shape index (κ1) is 11.9. The summed E-state index contributed by atoms with van der Waals surface area (Å²) in [5.74, 6) is 0. The molecule has 0 radical (unpaired) electrons. The molecule has 0 amide bonds. The molecule has 2 rings (SSSR count). The Hall–Kier alpha value is -1.61. The van der Waals surface area contributed by atoms with E-state index in [0.717, 1.165) is 17.7 Å². The molecule has 3 nitrogen and oxygen atoms in total. The van der Waals surface area contributed by atoms with Gasteiger partial charge in [-0.15, -0.1) is 0 Å². The van der Waals surface area contributed by atoms with Crippen LogP contribution in [-0.4, -0.2) is 9.55 Å². The highest BCUT2D eigenvalue weighted by Crippen LogP contribution is 2.18. The lowest BCUT2D eigenvalue weighted by atomic mass is 10.0. The molecule has 1 atom stereocenters. The van der Waals surface area contributed by atoms with Crippen LogP contribution in [0.25, 0.3) is 0 Å². The summed E-state index contributed by atoms with van der Waals surface area (Å²) in [4.78, 5) is 4.29. The minimum Gasteiger partial charge on any atom is -0.340 e. The zero-order chi connectivity index (χ0) is 12.3. The van der Waals surface area contributed by atoms with Gasteiger partial charge in [-0.2, -0.15) is 0 Å². The molecule has 2 aromatic rings. The Labute approximate surface area is 102 Å². The van der Waals surface area contributed by atoms with E-state index in [-0.39, 0.29) is 6.04 Å². The van der Waals surface area contributed by atoms with Gasteiger partial charge in [0.05, 0.1) is 18.1 Å².